The van der Waals surface area contributed by atoms with Crippen molar-refractivity contribution in [1.29, 1.82) is 0 Å². The molecule has 1 saturated heterocycles. The van der Waals surface area contributed by atoms with E-state index in [4.69, 9.17) is 4.74 Å². The molecule has 0 atom stereocenters. The van der Waals surface area contributed by atoms with Crippen LogP contribution in [0.3, 0.4) is 0 Å². The van der Waals surface area contributed by atoms with Crippen LogP contribution in [0.4, 0.5) is 4.79 Å². The number of amides is 1. The van der Waals surface area contributed by atoms with Crippen LogP contribution in [-0.2, 0) is 11.3 Å². The molecule has 8 nitrogen and oxygen atoms in total. The van der Waals surface area contributed by atoms with Gasteiger partial charge in [-0.05, 0) is 46.5 Å². The average molecular weight is 520 g/mol. The minimum absolute atomic E-state index is 0. The van der Waals surface area contributed by atoms with Gasteiger partial charge >= 0.3 is 6.09 Å². The zero-order chi connectivity index (χ0) is 20.6. The summed E-state index contributed by atoms with van der Waals surface area (Å²) in [6.45, 7) is 12.7. The summed E-state index contributed by atoms with van der Waals surface area (Å²) in [5.74, 6) is 1.44. The Morgan fingerprint density at radius 2 is 2.03 bits per heavy atom. The lowest BCUT2D eigenvalue weighted by Crippen LogP contribution is -2.48. The van der Waals surface area contributed by atoms with Crippen LogP contribution < -0.4 is 5.32 Å². The van der Waals surface area contributed by atoms with Crippen LogP contribution in [0.25, 0.3) is 0 Å². The number of nitrogens with zero attached hydrogens (tertiary/aromatic N) is 5. The Bertz CT molecular complexity index is 621. The molecule has 9 heteroatoms. The number of piperidine rings is 1. The van der Waals surface area contributed by atoms with Crippen LogP contribution in [-0.4, -0.2) is 76.8 Å². The zero-order valence-corrected chi connectivity index (χ0v) is 20.8. The van der Waals surface area contributed by atoms with Gasteiger partial charge in [-0.15, -0.1) is 24.0 Å². The topological polar surface area (TPSA) is 75.0 Å². The molecular formula is C20H37IN6O2. The van der Waals surface area contributed by atoms with E-state index in [2.05, 4.69) is 20.2 Å². The maximum atomic E-state index is 12.4. The van der Waals surface area contributed by atoms with Gasteiger partial charge in [-0.25, -0.2) is 9.78 Å². The molecule has 0 aromatic carbocycles. The predicted molar refractivity (Wildman–Crippen MR) is 127 cm³/mol. The number of hydrogen-bond donors (Lipinski definition) is 1. The van der Waals surface area contributed by atoms with Gasteiger partial charge in [0.05, 0.1) is 6.33 Å². The second-order valence-electron chi connectivity index (χ2n) is 8.22. The molecule has 1 amide bonds. The number of guanidine groups is 1. The molecule has 1 aromatic heterocycles. The Balaban J connectivity index is 0.00000420. The number of nitrogens with one attached hydrogen (secondary N) is 1. The molecule has 1 fully saturated rings. The number of ether oxygens (including phenoxy) is 1. The predicted octanol–water partition coefficient (Wildman–Crippen LogP) is 3.05. The number of carbonyl (C=O) groups excluding carboxylic acids is 1. The third-order valence-electron chi connectivity index (χ3n) is 4.85. The molecule has 0 saturated carbocycles. The number of aromatic nitrogens is 2. The van der Waals surface area contributed by atoms with Crippen molar-refractivity contribution in [1.82, 2.24) is 24.7 Å². The van der Waals surface area contributed by atoms with Crippen molar-refractivity contribution in [3.05, 3.63) is 18.7 Å². The summed E-state index contributed by atoms with van der Waals surface area (Å²) in [5.41, 5.74) is -0.456. The van der Waals surface area contributed by atoms with Crippen LogP contribution >= 0.6 is 24.0 Å². The fraction of sp³-hybridized carbons (Fsp3) is 0.750. The monoisotopic (exact) mass is 520 g/mol. The van der Waals surface area contributed by atoms with Gasteiger partial charge in [0, 0.05) is 58.7 Å². The van der Waals surface area contributed by atoms with Gasteiger partial charge in [-0.3, -0.25) is 4.99 Å². The average Bonchev–Trinajstić information content (AvgIpc) is 3.16. The number of halogens is 1. The molecule has 0 aliphatic carbocycles. The van der Waals surface area contributed by atoms with Gasteiger partial charge in [-0.1, -0.05) is 0 Å². The van der Waals surface area contributed by atoms with Crippen LogP contribution in [0.15, 0.2) is 23.7 Å². The Labute approximate surface area is 192 Å². The number of hydrogen-bond acceptors (Lipinski definition) is 4. The maximum Gasteiger partial charge on any atom is 0.410 e. The zero-order valence-electron chi connectivity index (χ0n) is 18.4. The molecule has 0 unspecified atom stereocenters. The highest BCUT2D eigenvalue weighted by Crippen LogP contribution is 2.20. The van der Waals surface area contributed by atoms with Gasteiger partial charge < -0.3 is 24.4 Å². The highest BCUT2D eigenvalue weighted by atomic mass is 127. The fourth-order valence-electron chi connectivity index (χ4n) is 3.35. The van der Waals surface area contributed by atoms with Gasteiger partial charge in [-0.2, -0.15) is 0 Å². The second kappa shape index (κ2) is 12.2. The fourth-order valence-corrected chi connectivity index (χ4v) is 3.35. The molecule has 2 heterocycles. The lowest BCUT2D eigenvalue weighted by atomic mass is 9.96. The number of aliphatic imine (C=N–C) groups is 1. The van der Waals surface area contributed by atoms with E-state index in [9.17, 15) is 4.79 Å². The molecule has 29 heavy (non-hydrogen) atoms. The quantitative estimate of drug-likeness (QED) is 0.355. The van der Waals surface area contributed by atoms with E-state index in [-0.39, 0.29) is 30.1 Å². The molecule has 0 radical (unpaired) electrons. The van der Waals surface area contributed by atoms with Crippen molar-refractivity contribution in [2.75, 3.05) is 39.8 Å². The van der Waals surface area contributed by atoms with Gasteiger partial charge in [0.1, 0.15) is 5.60 Å². The molecule has 166 valence electrons. The summed E-state index contributed by atoms with van der Waals surface area (Å²) in [6.07, 6.45) is 7.44. The summed E-state index contributed by atoms with van der Waals surface area (Å²) in [4.78, 5) is 25.0. The second-order valence-corrected chi connectivity index (χ2v) is 8.22. The molecule has 1 N–H and O–H groups in total. The van der Waals surface area contributed by atoms with Crippen molar-refractivity contribution >= 4 is 36.0 Å². The summed E-state index contributed by atoms with van der Waals surface area (Å²) in [7, 11) is 1.83. The van der Waals surface area contributed by atoms with Gasteiger partial charge in [0.15, 0.2) is 5.96 Å². The normalized spacial score (nSPS) is 15.6. The third-order valence-corrected chi connectivity index (χ3v) is 4.85. The van der Waals surface area contributed by atoms with Gasteiger partial charge in [0.25, 0.3) is 0 Å². The first-order chi connectivity index (χ1) is 13.3. The molecule has 0 spiro atoms. The molecule has 1 aromatic rings. The molecule has 1 aliphatic rings. The molecule has 0 bridgehead atoms. The summed E-state index contributed by atoms with van der Waals surface area (Å²) < 4.78 is 7.57. The Kier molecular flexibility index (Phi) is 10.8. The van der Waals surface area contributed by atoms with Crippen LogP contribution in [0.1, 0.15) is 40.5 Å². The highest BCUT2D eigenvalue weighted by Gasteiger charge is 2.27. The van der Waals surface area contributed by atoms with Crippen LogP contribution in [0.5, 0.6) is 0 Å². The Morgan fingerprint density at radius 1 is 1.34 bits per heavy atom. The molecule has 1 aliphatic heterocycles. The van der Waals surface area contributed by atoms with Crippen molar-refractivity contribution in [3.8, 4) is 0 Å². The largest absolute Gasteiger partial charge is 0.444 e. The maximum absolute atomic E-state index is 12.4. The first kappa shape index (κ1) is 25.5. The molecular weight excluding hydrogens is 483 g/mol. The van der Waals surface area contributed by atoms with E-state index in [1.54, 1.807) is 6.20 Å². The number of carbonyl (C=O) groups is 1. The first-order valence-corrected chi connectivity index (χ1v) is 10.2. The van der Waals surface area contributed by atoms with Crippen molar-refractivity contribution in [2.45, 2.75) is 52.7 Å². The van der Waals surface area contributed by atoms with Crippen molar-refractivity contribution < 1.29 is 9.53 Å². The highest BCUT2D eigenvalue weighted by molar-refractivity contribution is 14.0. The van der Waals surface area contributed by atoms with E-state index in [1.807, 2.05) is 56.7 Å². The van der Waals surface area contributed by atoms with Crippen molar-refractivity contribution in [2.24, 2.45) is 10.9 Å². The smallest absolute Gasteiger partial charge is 0.410 e. The standard InChI is InChI=1S/C20H36N6O2.HI/c1-6-25(19(27)28-20(2,3)4)15-17-7-11-26(12-8-17)18(21-5)23-10-14-24-13-9-22-16-24;/h9,13,16-17H,6-8,10-12,14-15H2,1-5H3,(H,21,23);1H. The summed E-state index contributed by atoms with van der Waals surface area (Å²) in [5, 5.41) is 3.43. The third kappa shape index (κ3) is 8.79. The minimum Gasteiger partial charge on any atom is -0.444 e. The SMILES string of the molecule is CCN(CC1CCN(C(=NC)NCCn2ccnc2)CC1)C(=O)OC(C)(C)C.I. The number of rotatable bonds is 6. The Morgan fingerprint density at radius 3 is 2.55 bits per heavy atom. The number of imidazole rings is 1. The lowest BCUT2D eigenvalue weighted by Gasteiger charge is -2.36. The Hall–Kier alpha value is -1.52. The lowest BCUT2D eigenvalue weighted by molar-refractivity contribution is 0.0214. The van der Waals surface area contributed by atoms with E-state index >= 15 is 0 Å². The van der Waals surface area contributed by atoms with E-state index < -0.39 is 5.60 Å². The number of likely N-dealkylation sites (tertiary alicyclic amines) is 1. The first-order valence-electron chi connectivity index (χ1n) is 10.2. The van der Waals surface area contributed by atoms with E-state index in [1.165, 1.54) is 0 Å². The van der Waals surface area contributed by atoms with Crippen LogP contribution in [0.2, 0.25) is 0 Å². The van der Waals surface area contributed by atoms with Crippen LogP contribution in [0, 0.1) is 5.92 Å². The van der Waals surface area contributed by atoms with E-state index in [0.29, 0.717) is 12.5 Å². The minimum atomic E-state index is -0.456. The van der Waals surface area contributed by atoms with Crippen molar-refractivity contribution in [3.63, 3.8) is 0 Å². The van der Waals surface area contributed by atoms with Gasteiger partial charge in [0.2, 0.25) is 0 Å². The summed E-state index contributed by atoms with van der Waals surface area (Å²) in [6, 6.07) is 0. The molecule has 2 rings (SSSR count). The van der Waals surface area contributed by atoms with E-state index in [0.717, 1.165) is 51.5 Å². The summed E-state index contributed by atoms with van der Waals surface area (Å²) >= 11 is 0.